The number of ether oxygens (including phenoxy) is 1. The highest BCUT2D eigenvalue weighted by Crippen LogP contribution is 2.45. The smallest absolute Gasteiger partial charge is 0.353 e. The summed E-state index contributed by atoms with van der Waals surface area (Å²) in [7, 11) is 1.40. The molecule has 0 atom stereocenters. The van der Waals surface area contributed by atoms with E-state index >= 15 is 0 Å². The zero-order valence-electron chi connectivity index (χ0n) is 17.8. The maximum atomic E-state index is 14.7. The number of hydrogen-bond donors (Lipinski definition) is 1. The van der Waals surface area contributed by atoms with Crippen LogP contribution < -0.4 is 4.74 Å². The number of methoxy groups -OCH3 is 1. The van der Waals surface area contributed by atoms with Crippen LogP contribution in [0.15, 0.2) is 60.7 Å². The SMILES string of the molecule is COc1ccc(-c2c(C(=O)O)n(Cc3ccc4nsnc4c3)c3c2sc2ccccc23)cc1F. The molecule has 6 aromatic rings. The zero-order valence-corrected chi connectivity index (χ0v) is 19.4. The monoisotopic (exact) mass is 489 g/mol. The molecule has 0 amide bonds. The van der Waals surface area contributed by atoms with Gasteiger partial charge in [0.25, 0.3) is 0 Å². The van der Waals surface area contributed by atoms with Gasteiger partial charge in [0.15, 0.2) is 11.6 Å². The Bertz CT molecular complexity index is 1730. The van der Waals surface area contributed by atoms with Crippen molar-refractivity contribution in [1.82, 2.24) is 13.3 Å². The first-order chi connectivity index (χ1) is 16.5. The summed E-state index contributed by atoms with van der Waals surface area (Å²) >= 11 is 2.65. The number of thiophene rings is 1. The van der Waals surface area contributed by atoms with E-state index in [9.17, 15) is 14.3 Å². The molecular formula is C25H16FN3O3S2. The summed E-state index contributed by atoms with van der Waals surface area (Å²) in [5.41, 5.74) is 4.42. The molecule has 9 heteroatoms. The van der Waals surface area contributed by atoms with Crippen LogP contribution in [0.3, 0.4) is 0 Å². The van der Waals surface area contributed by atoms with Crippen LogP contribution in [0.25, 0.3) is 42.5 Å². The Morgan fingerprint density at radius 1 is 1.09 bits per heavy atom. The topological polar surface area (TPSA) is 77.2 Å². The summed E-state index contributed by atoms with van der Waals surface area (Å²) in [6.07, 6.45) is 0. The van der Waals surface area contributed by atoms with Crippen LogP contribution in [-0.4, -0.2) is 31.5 Å². The zero-order chi connectivity index (χ0) is 23.4. The standard InChI is InChI=1S/C25H16FN3O3S2/c1-32-19-9-7-14(11-16(19)26)21-23(25(30)31)29(12-13-6-8-17-18(10-13)28-34-27-17)22-15-4-2-3-5-20(15)33-24(21)22/h2-11H,12H2,1H3,(H,30,31). The molecule has 0 aliphatic carbocycles. The molecule has 6 nitrogen and oxygen atoms in total. The summed E-state index contributed by atoms with van der Waals surface area (Å²) < 4.78 is 31.9. The van der Waals surface area contributed by atoms with E-state index in [-0.39, 0.29) is 11.4 Å². The normalized spacial score (nSPS) is 11.6. The van der Waals surface area contributed by atoms with E-state index in [4.69, 9.17) is 4.74 Å². The van der Waals surface area contributed by atoms with Gasteiger partial charge in [-0.25, -0.2) is 9.18 Å². The molecule has 3 aromatic heterocycles. The highest BCUT2D eigenvalue weighted by Gasteiger charge is 2.27. The minimum atomic E-state index is -1.07. The lowest BCUT2D eigenvalue weighted by Crippen LogP contribution is -2.11. The van der Waals surface area contributed by atoms with E-state index in [0.29, 0.717) is 17.7 Å². The van der Waals surface area contributed by atoms with Gasteiger partial charge in [0.05, 0.1) is 29.1 Å². The second-order valence-electron chi connectivity index (χ2n) is 7.83. The molecule has 34 heavy (non-hydrogen) atoms. The van der Waals surface area contributed by atoms with Crippen molar-refractivity contribution in [2.24, 2.45) is 0 Å². The number of carboxylic acids is 1. The molecule has 1 N–H and O–H groups in total. The fourth-order valence-electron chi connectivity index (χ4n) is 4.40. The van der Waals surface area contributed by atoms with Crippen LogP contribution in [0.4, 0.5) is 4.39 Å². The quantitative estimate of drug-likeness (QED) is 0.302. The largest absolute Gasteiger partial charge is 0.494 e. The second kappa shape index (κ2) is 7.89. The van der Waals surface area contributed by atoms with Gasteiger partial charge in [-0.3, -0.25) is 0 Å². The van der Waals surface area contributed by atoms with Gasteiger partial charge in [-0.05, 0) is 41.5 Å². The number of aromatic nitrogens is 3. The molecule has 0 aliphatic rings. The lowest BCUT2D eigenvalue weighted by molar-refractivity contribution is 0.0687. The average molecular weight is 490 g/mol. The molecule has 168 valence electrons. The van der Waals surface area contributed by atoms with Crippen LogP contribution in [-0.2, 0) is 6.54 Å². The fraction of sp³-hybridized carbons (Fsp3) is 0.0800. The summed E-state index contributed by atoms with van der Waals surface area (Å²) in [4.78, 5) is 12.6. The average Bonchev–Trinajstić information content (AvgIpc) is 3.52. The third kappa shape index (κ3) is 3.16. The van der Waals surface area contributed by atoms with Crippen molar-refractivity contribution in [3.05, 3.63) is 77.7 Å². The number of fused-ring (bicyclic) bond motifs is 4. The molecule has 0 spiro atoms. The third-order valence-corrected chi connectivity index (χ3v) is 7.61. The molecule has 0 unspecified atom stereocenters. The molecule has 0 aliphatic heterocycles. The molecule has 0 saturated heterocycles. The molecule has 3 aromatic carbocycles. The number of rotatable bonds is 5. The van der Waals surface area contributed by atoms with Crippen LogP contribution in [0.1, 0.15) is 16.1 Å². The van der Waals surface area contributed by atoms with E-state index in [2.05, 4.69) is 8.75 Å². The van der Waals surface area contributed by atoms with Crippen molar-refractivity contribution in [2.45, 2.75) is 6.54 Å². The van der Waals surface area contributed by atoms with Crippen molar-refractivity contribution in [3.8, 4) is 16.9 Å². The minimum absolute atomic E-state index is 0.109. The second-order valence-corrected chi connectivity index (χ2v) is 9.41. The predicted octanol–water partition coefficient (Wildman–Crippen LogP) is 6.42. The molecule has 3 heterocycles. The summed E-state index contributed by atoms with van der Waals surface area (Å²) in [5, 5.41) is 11.3. The van der Waals surface area contributed by atoms with E-state index in [1.165, 1.54) is 30.6 Å². The van der Waals surface area contributed by atoms with Gasteiger partial charge in [0.1, 0.15) is 16.7 Å². The van der Waals surface area contributed by atoms with E-state index in [1.54, 1.807) is 6.07 Å². The molecular weight excluding hydrogens is 473 g/mol. The number of aromatic carboxylic acids is 1. The Kier molecular flexibility index (Phi) is 4.82. The Morgan fingerprint density at radius 2 is 1.91 bits per heavy atom. The van der Waals surface area contributed by atoms with Gasteiger partial charge >= 0.3 is 5.97 Å². The minimum Gasteiger partial charge on any atom is -0.494 e. The van der Waals surface area contributed by atoms with Gasteiger partial charge in [-0.2, -0.15) is 8.75 Å². The van der Waals surface area contributed by atoms with Crippen molar-refractivity contribution < 1.29 is 19.0 Å². The Labute approximate surface area is 200 Å². The van der Waals surface area contributed by atoms with Crippen molar-refractivity contribution in [2.75, 3.05) is 7.11 Å². The number of hydrogen-bond acceptors (Lipinski definition) is 6. The summed E-state index contributed by atoms with van der Waals surface area (Å²) in [6.45, 7) is 0.324. The lowest BCUT2D eigenvalue weighted by atomic mass is 10.0. The van der Waals surface area contributed by atoms with Gasteiger partial charge in [0, 0.05) is 22.2 Å². The predicted molar refractivity (Wildman–Crippen MR) is 133 cm³/mol. The Morgan fingerprint density at radius 3 is 2.71 bits per heavy atom. The summed E-state index contributed by atoms with van der Waals surface area (Å²) in [5.74, 6) is -1.51. The lowest BCUT2D eigenvalue weighted by Gasteiger charge is -2.11. The highest BCUT2D eigenvalue weighted by atomic mass is 32.1. The summed E-state index contributed by atoms with van der Waals surface area (Å²) in [6, 6.07) is 18.2. The van der Waals surface area contributed by atoms with Crippen LogP contribution in [0.5, 0.6) is 5.75 Å². The Hall–Kier alpha value is -3.82. The number of carboxylic acid groups (broad SMARTS) is 1. The number of benzene rings is 3. The molecule has 6 rings (SSSR count). The molecule has 0 saturated carbocycles. The van der Waals surface area contributed by atoms with Gasteiger partial charge in [0.2, 0.25) is 0 Å². The Balaban J connectivity index is 1.66. The van der Waals surface area contributed by atoms with Crippen molar-refractivity contribution >= 4 is 60.4 Å². The fourth-order valence-corrected chi connectivity index (χ4v) is 6.19. The molecule has 0 bridgehead atoms. The first-order valence-electron chi connectivity index (χ1n) is 10.4. The van der Waals surface area contributed by atoms with Crippen LogP contribution >= 0.6 is 23.1 Å². The van der Waals surface area contributed by atoms with Gasteiger partial charge < -0.3 is 14.4 Å². The third-order valence-electron chi connectivity index (χ3n) is 5.87. The van der Waals surface area contributed by atoms with E-state index in [0.717, 1.165) is 48.6 Å². The number of carbonyl (C=O) groups is 1. The van der Waals surface area contributed by atoms with Gasteiger partial charge in [-0.1, -0.05) is 30.3 Å². The maximum Gasteiger partial charge on any atom is 0.353 e. The van der Waals surface area contributed by atoms with Gasteiger partial charge in [-0.15, -0.1) is 11.3 Å². The molecule has 0 radical (unpaired) electrons. The van der Waals surface area contributed by atoms with Crippen molar-refractivity contribution in [1.29, 1.82) is 0 Å². The number of halogens is 1. The highest BCUT2D eigenvalue weighted by molar-refractivity contribution is 7.26. The first-order valence-corrected chi connectivity index (χ1v) is 11.9. The van der Waals surface area contributed by atoms with E-state index in [1.807, 2.05) is 47.0 Å². The van der Waals surface area contributed by atoms with Crippen LogP contribution in [0.2, 0.25) is 0 Å². The first kappa shape index (κ1) is 20.8. The number of nitrogens with zero attached hydrogens (tertiary/aromatic N) is 3. The maximum absolute atomic E-state index is 14.7. The van der Waals surface area contributed by atoms with Crippen molar-refractivity contribution in [3.63, 3.8) is 0 Å². The molecule has 0 fully saturated rings. The van der Waals surface area contributed by atoms with Crippen LogP contribution in [0, 0.1) is 5.82 Å². The van der Waals surface area contributed by atoms with E-state index < -0.39 is 11.8 Å².